The van der Waals surface area contributed by atoms with Crippen LogP contribution in [0.1, 0.15) is 23.0 Å². The number of hydrazone groups is 1. The van der Waals surface area contributed by atoms with E-state index in [1.165, 1.54) is 24.3 Å². The highest BCUT2D eigenvalue weighted by molar-refractivity contribution is 6.02. The maximum Gasteiger partial charge on any atom is 0.271 e. The van der Waals surface area contributed by atoms with Gasteiger partial charge in [-0.3, -0.25) is 14.9 Å². The number of amides is 1. The minimum atomic E-state index is -0.562. The molecule has 0 saturated carbocycles. The van der Waals surface area contributed by atoms with Crippen LogP contribution in [0.2, 0.25) is 0 Å². The molecular weight excluding hydrogens is 338 g/mol. The highest BCUT2D eigenvalue weighted by Crippen LogP contribution is 2.28. The van der Waals surface area contributed by atoms with E-state index in [-0.39, 0.29) is 11.3 Å². The first-order chi connectivity index (χ1) is 12.5. The molecule has 0 radical (unpaired) electrons. The van der Waals surface area contributed by atoms with Crippen molar-refractivity contribution in [3.8, 4) is 5.75 Å². The molecule has 1 aromatic heterocycles. The number of hydrogen-bond acceptors (Lipinski definition) is 6. The van der Waals surface area contributed by atoms with E-state index in [0.29, 0.717) is 22.8 Å². The molecule has 0 aliphatic carbocycles. The van der Waals surface area contributed by atoms with E-state index in [0.717, 1.165) is 5.39 Å². The number of nitro groups is 1. The molecule has 26 heavy (non-hydrogen) atoms. The van der Waals surface area contributed by atoms with Crippen LogP contribution in [-0.4, -0.2) is 23.7 Å². The van der Waals surface area contributed by atoms with Crippen molar-refractivity contribution in [2.45, 2.75) is 6.92 Å². The maximum atomic E-state index is 12.1. The summed E-state index contributed by atoms with van der Waals surface area (Å²) in [7, 11) is 1.55. The maximum absolute atomic E-state index is 12.1. The van der Waals surface area contributed by atoms with Crippen molar-refractivity contribution in [2.75, 3.05) is 7.11 Å². The topological polar surface area (TPSA) is 107 Å². The molecule has 1 amide bonds. The number of ether oxygens (including phenoxy) is 1. The molecule has 132 valence electrons. The smallest absolute Gasteiger partial charge is 0.271 e. The first kappa shape index (κ1) is 17.2. The summed E-state index contributed by atoms with van der Waals surface area (Å²) < 4.78 is 11.0. The van der Waals surface area contributed by atoms with Crippen molar-refractivity contribution >= 4 is 28.3 Å². The van der Waals surface area contributed by atoms with E-state index in [2.05, 4.69) is 10.5 Å². The lowest BCUT2D eigenvalue weighted by Crippen LogP contribution is -2.19. The Bertz CT molecular complexity index is 1020. The van der Waals surface area contributed by atoms with E-state index >= 15 is 0 Å². The zero-order chi connectivity index (χ0) is 18.7. The van der Waals surface area contributed by atoms with Gasteiger partial charge in [0.2, 0.25) is 0 Å². The number of hydrogen-bond donors (Lipinski definition) is 1. The van der Waals surface area contributed by atoms with Gasteiger partial charge in [0.05, 0.1) is 12.0 Å². The van der Waals surface area contributed by atoms with Crippen molar-refractivity contribution in [3.05, 3.63) is 70.0 Å². The summed E-state index contributed by atoms with van der Waals surface area (Å²) in [6.07, 6.45) is 0. The van der Waals surface area contributed by atoms with Crippen LogP contribution in [0.5, 0.6) is 5.75 Å². The predicted molar refractivity (Wildman–Crippen MR) is 95.5 cm³/mol. The van der Waals surface area contributed by atoms with Gasteiger partial charge in [0, 0.05) is 23.1 Å². The van der Waals surface area contributed by atoms with Crippen molar-refractivity contribution in [1.82, 2.24) is 5.43 Å². The quantitative estimate of drug-likeness (QED) is 0.429. The van der Waals surface area contributed by atoms with Gasteiger partial charge in [0.25, 0.3) is 11.6 Å². The lowest BCUT2D eigenvalue weighted by molar-refractivity contribution is -0.384. The predicted octanol–water partition coefficient (Wildman–Crippen LogP) is 3.50. The van der Waals surface area contributed by atoms with Crippen molar-refractivity contribution in [2.24, 2.45) is 5.10 Å². The molecule has 0 aliphatic heterocycles. The van der Waals surface area contributed by atoms with Crippen LogP contribution in [0.4, 0.5) is 5.69 Å². The van der Waals surface area contributed by atoms with Crippen LogP contribution in [0.25, 0.3) is 11.0 Å². The summed E-state index contributed by atoms with van der Waals surface area (Å²) >= 11 is 0. The fourth-order valence-corrected chi connectivity index (χ4v) is 2.39. The molecule has 0 unspecified atom stereocenters. The van der Waals surface area contributed by atoms with E-state index in [9.17, 15) is 14.9 Å². The van der Waals surface area contributed by atoms with Gasteiger partial charge in [-0.1, -0.05) is 18.2 Å². The minimum Gasteiger partial charge on any atom is -0.493 e. The fraction of sp³-hybridized carbons (Fsp3) is 0.111. The Morgan fingerprint density at radius 2 is 2.00 bits per heavy atom. The number of benzene rings is 2. The first-order valence-corrected chi connectivity index (χ1v) is 7.65. The average Bonchev–Trinajstić information content (AvgIpc) is 3.10. The number of fused-ring (bicyclic) bond motifs is 1. The SMILES string of the molecule is COc1cccc2cc(/C(C)=N\NC(=O)c3cccc([N+](=O)[O-])c3)oc12. The van der Waals surface area contributed by atoms with Crippen molar-refractivity contribution in [1.29, 1.82) is 0 Å². The van der Waals surface area contributed by atoms with Gasteiger partial charge in [0.15, 0.2) is 17.1 Å². The van der Waals surface area contributed by atoms with E-state index in [4.69, 9.17) is 9.15 Å². The highest BCUT2D eigenvalue weighted by Gasteiger charge is 2.13. The number of non-ortho nitro benzene ring substituents is 1. The van der Waals surface area contributed by atoms with Crippen LogP contribution in [0.3, 0.4) is 0 Å². The molecule has 0 bridgehead atoms. The molecule has 0 fully saturated rings. The van der Waals surface area contributed by atoms with Gasteiger partial charge in [-0.25, -0.2) is 5.43 Å². The summed E-state index contributed by atoms with van der Waals surface area (Å²) in [5, 5.41) is 15.6. The number of nitrogens with one attached hydrogen (secondary N) is 1. The second-order valence-electron chi connectivity index (χ2n) is 5.43. The van der Waals surface area contributed by atoms with Gasteiger partial charge in [0.1, 0.15) is 5.71 Å². The molecule has 0 atom stereocenters. The molecule has 1 heterocycles. The van der Waals surface area contributed by atoms with Crippen LogP contribution >= 0.6 is 0 Å². The number of carbonyl (C=O) groups is 1. The number of furan rings is 1. The second-order valence-corrected chi connectivity index (χ2v) is 5.43. The molecule has 0 spiro atoms. The summed E-state index contributed by atoms with van der Waals surface area (Å²) in [5.74, 6) is 0.521. The minimum absolute atomic E-state index is 0.141. The van der Waals surface area contributed by atoms with Crippen LogP contribution in [0, 0.1) is 10.1 Å². The van der Waals surface area contributed by atoms with Gasteiger partial charge in [-0.15, -0.1) is 0 Å². The Labute approximate surface area is 148 Å². The molecule has 2 aromatic carbocycles. The monoisotopic (exact) mass is 353 g/mol. The zero-order valence-corrected chi connectivity index (χ0v) is 14.1. The van der Waals surface area contributed by atoms with Gasteiger partial charge in [-0.05, 0) is 25.1 Å². The third kappa shape index (κ3) is 3.39. The van der Waals surface area contributed by atoms with Crippen LogP contribution < -0.4 is 10.2 Å². The Balaban J connectivity index is 1.81. The Hall–Kier alpha value is -3.68. The molecule has 3 rings (SSSR count). The number of rotatable bonds is 5. The van der Waals surface area contributed by atoms with Gasteiger partial charge < -0.3 is 9.15 Å². The van der Waals surface area contributed by atoms with Crippen LogP contribution in [0.15, 0.2) is 58.0 Å². The lowest BCUT2D eigenvalue weighted by Gasteiger charge is -2.01. The summed E-state index contributed by atoms with van der Waals surface area (Å²) in [6, 6.07) is 12.7. The Kier molecular flexibility index (Phi) is 4.66. The largest absolute Gasteiger partial charge is 0.493 e. The lowest BCUT2D eigenvalue weighted by atomic mass is 10.2. The normalized spacial score (nSPS) is 11.4. The van der Waals surface area contributed by atoms with E-state index in [1.807, 2.05) is 12.1 Å². The molecule has 8 heteroatoms. The third-order valence-electron chi connectivity index (χ3n) is 3.73. The average molecular weight is 353 g/mol. The number of para-hydroxylation sites is 1. The fourth-order valence-electron chi connectivity index (χ4n) is 2.39. The standard InChI is InChI=1S/C18H15N3O5/c1-11(16-10-12-5-4-8-15(25-2)17(12)26-16)19-20-18(22)13-6-3-7-14(9-13)21(23)24/h3-10H,1-2H3,(H,20,22)/b19-11-. The highest BCUT2D eigenvalue weighted by atomic mass is 16.6. The van der Waals surface area contributed by atoms with Crippen molar-refractivity contribution in [3.63, 3.8) is 0 Å². The number of nitrogens with zero attached hydrogens (tertiary/aromatic N) is 2. The molecule has 0 aliphatic rings. The van der Waals surface area contributed by atoms with E-state index in [1.54, 1.807) is 26.2 Å². The number of nitro benzene ring substituents is 1. The molecule has 3 aromatic rings. The molecule has 1 N–H and O–H groups in total. The molecule has 0 saturated heterocycles. The zero-order valence-electron chi connectivity index (χ0n) is 14.1. The summed E-state index contributed by atoms with van der Waals surface area (Å²) in [6.45, 7) is 1.68. The third-order valence-corrected chi connectivity index (χ3v) is 3.73. The number of carbonyl (C=O) groups excluding carboxylic acids is 1. The Morgan fingerprint density at radius 1 is 1.23 bits per heavy atom. The summed E-state index contributed by atoms with van der Waals surface area (Å²) in [4.78, 5) is 22.4. The number of methoxy groups -OCH3 is 1. The second kappa shape index (κ2) is 7.06. The van der Waals surface area contributed by atoms with Gasteiger partial charge in [-0.2, -0.15) is 5.10 Å². The molecule has 8 nitrogen and oxygen atoms in total. The Morgan fingerprint density at radius 3 is 2.73 bits per heavy atom. The summed E-state index contributed by atoms with van der Waals surface area (Å²) in [5.41, 5.74) is 3.38. The van der Waals surface area contributed by atoms with Crippen LogP contribution in [-0.2, 0) is 0 Å². The van der Waals surface area contributed by atoms with E-state index < -0.39 is 10.8 Å². The molecular formula is C18H15N3O5. The van der Waals surface area contributed by atoms with Crippen molar-refractivity contribution < 1.29 is 18.9 Å². The van der Waals surface area contributed by atoms with Gasteiger partial charge >= 0.3 is 0 Å². The first-order valence-electron chi connectivity index (χ1n) is 7.65.